The minimum atomic E-state index is 0.0668. The van der Waals surface area contributed by atoms with Crippen LogP contribution in [0.5, 0.6) is 5.88 Å². The number of amides is 1. The number of aromatic nitrogens is 2. The van der Waals surface area contributed by atoms with E-state index < -0.39 is 0 Å². The van der Waals surface area contributed by atoms with Gasteiger partial charge in [-0.3, -0.25) is 9.78 Å². The average Bonchev–Trinajstić information content (AvgIpc) is 3.13. The number of fused-ring (bicyclic) bond motifs is 2. The summed E-state index contributed by atoms with van der Waals surface area (Å²) in [6.45, 7) is 1.26. The standard InChI is InChI=1S/C25H21N3O2/c1-30-23-15-18(11-13-26-23)21-7-4-6-19-16-28(25(29)24(19)21)14-12-20-10-9-17-5-2-3-8-22(17)27-20/h2-11,13,15H,12,14,16H2,1H3. The molecule has 1 aliphatic heterocycles. The third-order valence-electron chi connectivity index (χ3n) is 5.56. The van der Waals surface area contributed by atoms with Gasteiger partial charge < -0.3 is 9.64 Å². The highest BCUT2D eigenvalue weighted by Gasteiger charge is 2.30. The molecule has 5 nitrogen and oxygen atoms in total. The summed E-state index contributed by atoms with van der Waals surface area (Å²) in [5.74, 6) is 0.604. The molecule has 0 spiro atoms. The molecule has 1 aliphatic rings. The Morgan fingerprint density at radius 3 is 2.83 bits per heavy atom. The van der Waals surface area contributed by atoms with Gasteiger partial charge in [0.2, 0.25) is 5.88 Å². The Labute approximate surface area is 175 Å². The first-order valence-electron chi connectivity index (χ1n) is 9.99. The van der Waals surface area contributed by atoms with Crippen molar-refractivity contribution in [1.82, 2.24) is 14.9 Å². The first kappa shape index (κ1) is 18.3. The summed E-state index contributed by atoms with van der Waals surface area (Å²) >= 11 is 0. The molecule has 2 aromatic heterocycles. The minimum absolute atomic E-state index is 0.0668. The fraction of sp³-hybridized carbons (Fsp3) is 0.160. The maximum absolute atomic E-state index is 13.2. The number of hydrogen-bond donors (Lipinski definition) is 0. The molecule has 0 atom stereocenters. The average molecular weight is 395 g/mol. The number of rotatable bonds is 5. The summed E-state index contributed by atoms with van der Waals surface area (Å²) in [6, 6.07) is 22.0. The van der Waals surface area contributed by atoms with Gasteiger partial charge in [-0.25, -0.2) is 4.98 Å². The van der Waals surface area contributed by atoms with Crippen molar-refractivity contribution in [2.24, 2.45) is 0 Å². The Kier molecular flexibility index (Phi) is 4.64. The van der Waals surface area contributed by atoms with Gasteiger partial charge in [0.05, 0.1) is 18.2 Å². The fourth-order valence-electron chi connectivity index (χ4n) is 4.03. The van der Waals surface area contributed by atoms with Crippen molar-refractivity contribution in [1.29, 1.82) is 0 Å². The first-order chi connectivity index (χ1) is 14.7. The van der Waals surface area contributed by atoms with E-state index in [9.17, 15) is 4.79 Å². The van der Waals surface area contributed by atoms with Gasteiger partial charge in [-0.15, -0.1) is 0 Å². The molecule has 0 fully saturated rings. The van der Waals surface area contributed by atoms with Gasteiger partial charge in [0.25, 0.3) is 5.91 Å². The molecule has 0 saturated heterocycles. The summed E-state index contributed by atoms with van der Waals surface area (Å²) in [5.41, 5.74) is 5.67. The zero-order valence-electron chi connectivity index (χ0n) is 16.7. The van der Waals surface area contributed by atoms with E-state index in [2.05, 4.69) is 17.1 Å². The number of ether oxygens (including phenoxy) is 1. The summed E-state index contributed by atoms with van der Waals surface area (Å²) in [5, 5.41) is 1.13. The van der Waals surface area contributed by atoms with Crippen molar-refractivity contribution >= 4 is 16.8 Å². The zero-order valence-corrected chi connectivity index (χ0v) is 16.7. The second kappa shape index (κ2) is 7.59. The predicted octanol–water partition coefficient (Wildman–Crippen LogP) is 4.50. The van der Waals surface area contributed by atoms with Crippen LogP contribution in [0.15, 0.2) is 72.9 Å². The van der Waals surface area contributed by atoms with Gasteiger partial charge >= 0.3 is 0 Å². The molecule has 0 radical (unpaired) electrons. The van der Waals surface area contributed by atoms with E-state index in [1.807, 2.05) is 59.5 Å². The maximum Gasteiger partial charge on any atom is 0.255 e. The summed E-state index contributed by atoms with van der Waals surface area (Å²) in [6.07, 6.45) is 2.43. The lowest BCUT2D eigenvalue weighted by atomic mass is 9.97. The highest BCUT2D eigenvalue weighted by atomic mass is 16.5. The number of para-hydroxylation sites is 1. The molecular weight excluding hydrogens is 374 g/mol. The smallest absolute Gasteiger partial charge is 0.255 e. The van der Waals surface area contributed by atoms with Crippen molar-refractivity contribution in [3.05, 3.63) is 89.7 Å². The van der Waals surface area contributed by atoms with Gasteiger partial charge in [-0.1, -0.05) is 42.5 Å². The van der Waals surface area contributed by atoms with Gasteiger partial charge in [-0.2, -0.15) is 0 Å². The predicted molar refractivity (Wildman–Crippen MR) is 116 cm³/mol. The topological polar surface area (TPSA) is 55.3 Å². The van der Waals surface area contributed by atoms with Crippen LogP contribution in [0.1, 0.15) is 21.6 Å². The number of carbonyl (C=O) groups excluding carboxylic acids is 1. The van der Waals surface area contributed by atoms with E-state index in [0.29, 0.717) is 19.0 Å². The largest absolute Gasteiger partial charge is 0.481 e. The molecule has 0 bridgehead atoms. The molecular formula is C25H21N3O2. The summed E-state index contributed by atoms with van der Waals surface area (Å²) in [7, 11) is 1.59. The molecule has 0 saturated carbocycles. The van der Waals surface area contributed by atoms with E-state index in [-0.39, 0.29) is 5.91 Å². The molecule has 2 aromatic carbocycles. The van der Waals surface area contributed by atoms with E-state index in [4.69, 9.17) is 9.72 Å². The number of hydrogen-bond acceptors (Lipinski definition) is 4. The van der Waals surface area contributed by atoms with Crippen LogP contribution in [-0.2, 0) is 13.0 Å². The van der Waals surface area contributed by atoms with Crippen LogP contribution >= 0.6 is 0 Å². The normalized spacial score (nSPS) is 13.0. The fourth-order valence-corrected chi connectivity index (χ4v) is 4.03. The van der Waals surface area contributed by atoms with Crippen LogP contribution < -0.4 is 4.74 Å². The maximum atomic E-state index is 13.2. The van der Waals surface area contributed by atoms with E-state index in [1.54, 1.807) is 13.3 Å². The van der Waals surface area contributed by atoms with Crippen molar-refractivity contribution in [2.75, 3.05) is 13.7 Å². The van der Waals surface area contributed by atoms with Crippen molar-refractivity contribution in [3.63, 3.8) is 0 Å². The monoisotopic (exact) mass is 395 g/mol. The third-order valence-corrected chi connectivity index (χ3v) is 5.56. The van der Waals surface area contributed by atoms with Gasteiger partial charge in [0.15, 0.2) is 0 Å². The number of pyridine rings is 2. The molecule has 4 aromatic rings. The highest BCUT2D eigenvalue weighted by Crippen LogP contribution is 2.33. The van der Waals surface area contributed by atoms with E-state index in [0.717, 1.165) is 45.3 Å². The molecule has 5 heteroatoms. The number of carbonyl (C=O) groups is 1. The number of benzene rings is 2. The van der Waals surface area contributed by atoms with Crippen LogP contribution in [-0.4, -0.2) is 34.4 Å². The Bertz CT molecular complexity index is 1250. The van der Waals surface area contributed by atoms with Gasteiger partial charge in [0.1, 0.15) is 0 Å². The quantitative estimate of drug-likeness (QED) is 0.499. The molecule has 148 valence electrons. The Morgan fingerprint density at radius 2 is 1.93 bits per heavy atom. The van der Waals surface area contributed by atoms with Crippen LogP contribution in [0, 0.1) is 0 Å². The molecule has 5 rings (SSSR count). The lowest BCUT2D eigenvalue weighted by molar-refractivity contribution is 0.0780. The van der Waals surface area contributed by atoms with Crippen LogP contribution in [0.3, 0.4) is 0 Å². The summed E-state index contributed by atoms with van der Waals surface area (Å²) < 4.78 is 5.25. The second-order valence-corrected chi connectivity index (χ2v) is 7.40. The van der Waals surface area contributed by atoms with Crippen molar-refractivity contribution in [2.45, 2.75) is 13.0 Å². The van der Waals surface area contributed by atoms with Crippen LogP contribution in [0.4, 0.5) is 0 Å². The molecule has 0 aliphatic carbocycles. The van der Waals surface area contributed by atoms with E-state index >= 15 is 0 Å². The zero-order chi connectivity index (χ0) is 20.5. The molecule has 0 unspecified atom stereocenters. The Balaban J connectivity index is 1.38. The molecule has 3 heterocycles. The Morgan fingerprint density at radius 1 is 1.03 bits per heavy atom. The number of nitrogens with zero attached hydrogens (tertiary/aromatic N) is 3. The van der Waals surface area contributed by atoms with E-state index in [1.165, 1.54) is 0 Å². The second-order valence-electron chi connectivity index (χ2n) is 7.40. The Hall–Kier alpha value is -3.73. The first-order valence-corrected chi connectivity index (χ1v) is 9.99. The lowest BCUT2D eigenvalue weighted by Gasteiger charge is -2.15. The SMILES string of the molecule is COc1cc(-c2cccc3c2C(=O)N(CCc2ccc4ccccc4n2)C3)ccn1. The molecule has 30 heavy (non-hydrogen) atoms. The summed E-state index contributed by atoms with van der Waals surface area (Å²) in [4.78, 5) is 24.1. The van der Waals surface area contributed by atoms with Crippen LogP contribution in [0.25, 0.3) is 22.0 Å². The minimum Gasteiger partial charge on any atom is -0.481 e. The number of methoxy groups -OCH3 is 1. The van der Waals surface area contributed by atoms with Gasteiger partial charge in [-0.05, 0) is 34.9 Å². The van der Waals surface area contributed by atoms with Crippen molar-refractivity contribution in [3.8, 4) is 17.0 Å². The molecule has 1 amide bonds. The van der Waals surface area contributed by atoms with Gasteiger partial charge in [0, 0.05) is 42.9 Å². The lowest BCUT2D eigenvalue weighted by Crippen LogP contribution is -2.26. The van der Waals surface area contributed by atoms with Crippen molar-refractivity contribution < 1.29 is 9.53 Å². The highest BCUT2D eigenvalue weighted by molar-refractivity contribution is 6.04. The van der Waals surface area contributed by atoms with Crippen LogP contribution in [0.2, 0.25) is 0 Å². The molecule has 0 N–H and O–H groups in total. The third kappa shape index (κ3) is 3.28.